The Bertz CT molecular complexity index is 2540. The molecule has 5 rings (SSSR count). The second kappa shape index (κ2) is 31.1. The van der Waals surface area contributed by atoms with Crippen LogP contribution in [0, 0.1) is 50.6 Å². The largest absolute Gasteiger partial charge is 0.375 e. The number of amides is 5. The Kier molecular flexibility index (Phi) is 26.6. The second-order valence-corrected chi connectivity index (χ2v) is 16.1. The predicted molar refractivity (Wildman–Crippen MR) is 242 cm³/mol. The fraction of sp³-hybridized carbons (Fsp3) is 0.300. The zero-order chi connectivity index (χ0) is 51.3. The number of hydrogen-bond donors (Lipinski definition) is 5. The molecule has 33 nitrogen and oxygen atoms in total. The third-order valence-corrected chi connectivity index (χ3v) is 10.3. The van der Waals surface area contributed by atoms with Crippen molar-refractivity contribution in [3.05, 3.63) is 81.6 Å². The van der Waals surface area contributed by atoms with E-state index >= 15 is 0 Å². The number of Topliss-reactive ketones (excluding diaryl/α,β-unsaturated/α-hetero) is 1. The van der Waals surface area contributed by atoms with E-state index < -0.39 is 36.4 Å². The molecule has 0 saturated carbocycles. The molecule has 0 bridgehead atoms. The van der Waals surface area contributed by atoms with Gasteiger partial charge in [0.05, 0.1) is 31.0 Å². The second-order valence-electron chi connectivity index (χ2n) is 11.1. The van der Waals surface area contributed by atoms with E-state index in [9.17, 15) is 79.3 Å². The van der Waals surface area contributed by atoms with Crippen LogP contribution in [0.15, 0.2) is 31.0 Å². The van der Waals surface area contributed by atoms with Gasteiger partial charge in [-0.05, 0) is 70.5 Å². The van der Waals surface area contributed by atoms with Gasteiger partial charge in [-0.2, -0.15) is 0 Å². The van der Waals surface area contributed by atoms with Crippen LogP contribution in [0.1, 0.15) is 33.6 Å². The van der Waals surface area contributed by atoms with Crippen LogP contribution in [0.2, 0.25) is 0 Å². The van der Waals surface area contributed by atoms with Crippen LogP contribution >= 0.6 is 56.7 Å². The highest BCUT2D eigenvalue weighted by molar-refractivity contribution is 7.20. The van der Waals surface area contributed by atoms with Crippen molar-refractivity contribution < 1.29 is 62.9 Å². The maximum absolute atomic E-state index is 11.1. The summed E-state index contributed by atoms with van der Waals surface area (Å²) in [5.74, 6) is -1.77. The van der Waals surface area contributed by atoms with Crippen molar-refractivity contribution >= 4 is 143 Å². The van der Waals surface area contributed by atoms with Gasteiger partial charge in [-0.3, -0.25) is 90.0 Å². The zero-order valence-electron chi connectivity index (χ0n) is 34.9. The lowest BCUT2D eigenvalue weighted by Gasteiger charge is -1.99. The third-order valence-electron chi connectivity index (χ3n) is 5.98. The molecule has 0 fully saturated rings. The van der Waals surface area contributed by atoms with Crippen LogP contribution in [0.3, 0.4) is 0 Å². The molecular weight excluding hydrogens is 1020 g/mol. The molecule has 0 saturated heterocycles. The minimum atomic E-state index is -0.599. The molecule has 5 aromatic heterocycles. The van der Waals surface area contributed by atoms with Crippen molar-refractivity contribution in [2.45, 2.75) is 33.6 Å². The number of thiazole rings is 5. The summed E-state index contributed by atoms with van der Waals surface area (Å²) >= 11 is 4.00. The fourth-order valence-electron chi connectivity index (χ4n) is 3.33. The molecule has 0 unspecified atom stereocenters. The summed E-state index contributed by atoms with van der Waals surface area (Å²) in [6.07, 6.45) is 5.94. The molecule has 0 spiro atoms. The van der Waals surface area contributed by atoms with Crippen molar-refractivity contribution in [2.24, 2.45) is 0 Å². The number of ketones is 1. The number of nitrogens with zero attached hydrogens (tertiary/aromatic N) is 10. The number of anilines is 5. The standard InChI is InChI=1S/C7H7N3O4S.C7H9N3O4S.C6H7N3O4S.C6H7N3O3S.C4H3N3O3S/c1-4(11)2-5(12)9-7-8-3-6(15-7)10(13)14;1-2-14-4-5(11)9-7-8-3-6(15-7)10(12)13;1-13-3-4(10)8-6-7-2-5(14-6)9(11)12;1-2-4(10)8-6-7-3-5(13-6)9(11)12;8-2-6-4-5-1-3(11-4)7(9)10/h3H,2H2,1H3,(H,8,9,12);3H,2,4H2,1H3,(H,8,9,11);2H,3H2,1H3,(H,7,8,10);3H,2H2,1H3,(H,7,8,10);1-2H,(H,5,6,8). The molecule has 5 amide bonds. The number of hydrogen-bond acceptors (Lipinski definition) is 28. The highest BCUT2D eigenvalue weighted by Gasteiger charge is 2.16. The molecule has 366 valence electrons. The van der Waals surface area contributed by atoms with E-state index in [4.69, 9.17) is 4.74 Å². The van der Waals surface area contributed by atoms with Gasteiger partial charge in [-0.1, -0.05) is 6.92 Å². The Morgan fingerprint density at radius 3 is 1.13 bits per heavy atom. The first-order valence-electron chi connectivity index (χ1n) is 17.6. The van der Waals surface area contributed by atoms with Crippen LogP contribution in [-0.4, -0.2) is 112 Å². The number of nitrogens with one attached hydrogen (secondary N) is 5. The lowest BCUT2D eigenvalue weighted by atomic mass is 10.3. The molecular formula is C30H33N15O18S5. The topological polar surface area (TPSA) is 461 Å². The normalized spacial score (nSPS) is 9.65. The van der Waals surface area contributed by atoms with E-state index in [0.717, 1.165) is 87.7 Å². The first kappa shape index (κ1) is 58.1. The summed E-state index contributed by atoms with van der Waals surface area (Å²) in [7, 11) is 1.38. The maximum Gasteiger partial charge on any atom is 0.345 e. The Hall–Kier alpha value is -7.91. The predicted octanol–water partition coefficient (Wildman–Crippen LogP) is 4.65. The summed E-state index contributed by atoms with van der Waals surface area (Å²) < 4.78 is 9.41. The van der Waals surface area contributed by atoms with Crippen LogP contribution in [0.25, 0.3) is 0 Å². The monoisotopic (exact) mass is 1050 g/mol. The summed E-state index contributed by atoms with van der Waals surface area (Å²) in [6, 6.07) is 0. The first-order chi connectivity index (χ1) is 32.1. The van der Waals surface area contributed by atoms with Crippen molar-refractivity contribution in [3.8, 4) is 0 Å². The highest BCUT2D eigenvalue weighted by atomic mass is 32.1. The smallest absolute Gasteiger partial charge is 0.345 e. The van der Waals surface area contributed by atoms with Crippen LogP contribution in [0.5, 0.6) is 0 Å². The van der Waals surface area contributed by atoms with E-state index in [0.29, 0.717) is 19.4 Å². The van der Waals surface area contributed by atoms with E-state index in [1.54, 1.807) is 13.8 Å². The van der Waals surface area contributed by atoms with E-state index in [1.807, 2.05) is 0 Å². The highest BCUT2D eigenvalue weighted by Crippen LogP contribution is 2.28. The SMILES string of the molecule is CC(=O)CC(=O)Nc1ncc([N+](=O)[O-])s1.CCC(=O)Nc1ncc([N+](=O)[O-])s1.CCOCC(=O)Nc1ncc([N+](=O)[O-])s1.COCC(=O)Nc1ncc([N+](=O)[O-])s1.O=CNc1ncc([N+](=O)[O-])s1. The Morgan fingerprint density at radius 1 is 0.544 bits per heavy atom. The maximum atomic E-state index is 11.1. The Labute approximate surface area is 398 Å². The molecule has 0 aliphatic rings. The van der Waals surface area contributed by atoms with Gasteiger partial charge >= 0.3 is 25.0 Å². The molecule has 5 aromatic rings. The molecule has 0 radical (unpaired) electrons. The fourth-order valence-corrected chi connectivity index (χ4v) is 6.52. The number of rotatable bonds is 19. The van der Waals surface area contributed by atoms with Gasteiger partial charge in [-0.15, -0.1) is 0 Å². The Morgan fingerprint density at radius 2 is 0.853 bits per heavy atom. The molecule has 0 aliphatic carbocycles. The van der Waals surface area contributed by atoms with Gasteiger partial charge in [0.25, 0.3) is 11.8 Å². The van der Waals surface area contributed by atoms with Gasteiger partial charge < -0.3 is 25.4 Å². The van der Waals surface area contributed by atoms with E-state index in [2.05, 4.69) is 56.2 Å². The molecule has 0 aliphatic heterocycles. The summed E-state index contributed by atoms with van der Waals surface area (Å²) in [6.45, 7) is 4.99. The van der Waals surface area contributed by atoms with E-state index in [1.165, 1.54) is 14.0 Å². The van der Waals surface area contributed by atoms with Crippen LogP contribution < -0.4 is 26.6 Å². The zero-order valence-corrected chi connectivity index (χ0v) is 38.9. The van der Waals surface area contributed by atoms with Gasteiger partial charge in [-0.25, -0.2) is 24.9 Å². The Balaban J connectivity index is 0.000000427. The number of aromatic nitrogens is 5. The van der Waals surface area contributed by atoms with Crippen molar-refractivity contribution in [1.29, 1.82) is 0 Å². The summed E-state index contributed by atoms with van der Waals surface area (Å²) in [5, 5.41) is 63.3. The van der Waals surface area contributed by atoms with E-state index in [-0.39, 0.29) is 87.9 Å². The number of nitro groups is 5. The minimum absolute atomic E-state index is 0.0774. The average molecular weight is 1050 g/mol. The molecule has 5 N–H and O–H groups in total. The molecule has 0 atom stereocenters. The summed E-state index contributed by atoms with van der Waals surface area (Å²) in [4.78, 5) is 131. The lowest BCUT2D eigenvalue weighted by molar-refractivity contribution is -0.380. The molecule has 38 heteroatoms. The van der Waals surface area contributed by atoms with Gasteiger partial charge in [0.15, 0.2) is 25.7 Å². The number of carbonyl (C=O) groups is 6. The average Bonchev–Trinajstić information content (AvgIpc) is 4.12. The van der Waals surface area contributed by atoms with Crippen molar-refractivity contribution in [2.75, 3.05) is 53.5 Å². The number of methoxy groups -OCH3 is 1. The molecule has 0 aromatic carbocycles. The lowest BCUT2D eigenvalue weighted by Crippen LogP contribution is -2.17. The summed E-state index contributed by atoms with van der Waals surface area (Å²) in [5.41, 5.74) is 0. The van der Waals surface area contributed by atoms with Gasteiger partial charge in [0.2, 0.25) is 18.2 Å². The molecule has 5 heterocycles. The molecule has 68 heavy (non-hydrogen) atoms. The number of carbonyl (C=O) groups excluding carboxylic acids is 6. The first-order valence-corrected chi connectivity index (χ1v) is 21.7. The van der Waals surface area contributed by atoms with Gasteiger partial charge in [0, 0.05) is 20.1 Å². The van der Waals surface area contributed by atoms with Gasteiger partial charge in [0.1, 0.15) is 50.0 Å². The van der Waals surface area contributed by atoms with Crippen LogP contribution in [0.4, 0.5) is 50.7 Å². The minimum Gasteiger partial charge on any atom is -0.375 e. The van der Waals surface area contributed by atoms with Crippen LogP contribution in [-0.2, 0) is 38.2 Å². The number of ether oxygens (including phenoxy) is 2. The third kappa shape index (κ3) is 23.9. The quantitative estimate of drug-likeness (QED) is 0.0325. The van der Waals surface area contributed by atoms with Crippen molar-refractivity contribution in [3.63, 3.8) is 0 Å². The van der Waals surface area contributed by atoms with Crippen molar-refractivity contribution in [1.82, 2.24) is 24.9 Å².